The Bertz CT molecular complexity index is 2790. The van der Waals surface area contributed by atoms with E-state index in [1.54, 1.807) is 58.6 Å². The first-order valence-corrected chi connectivity index (χ1v) is 22.7. The molecule has 2 atom stereocenters. The summed E-state index contributed by atoms with van der Waals surface area (Å²) in [6.45, 7) is 3.73. The van der Waals surface area contributed by atoms with Gasteiger partial charge in [0.05, 0.1) is 23.5 Å². The number of para-hydroxylation sites is 1. The summed E-state index contributed by atoms with van der Waals surface area (Å²) in [5.41, 5.74) is 3.73. The van der Waals surface area contributed by atoms with E-state index in [2.05, 4.69) is 11.9 Å². The van der Waals surface area contributed by atoms with Gasteiger partial charge in [0.1, 0.15) is 18.0 Å². The van der Waals surface area contributed by atoms with Gasteiger partial charge in [-0.3, -0.25) is 19.4 Å². The Balaban J connectivity index is 1.23. The number of phosphoric acid groups is 1. The van der Waals surface area contributed by atoms with Gasteiger partial charge in [-0.2, -0.15) is 0 Å². The zero-order chi connectivity index (χ0) is 43.6. The molecule has 2 aliphatic heterocycles. The molecule has 2 saturated heterocycles. The highest BCUT2D eigenvalue weighted by Gasteiger charge is 2.51. The summed E-state index contributed by atoms with van der Waals surface area (Å²) in [7, 11) is -9.01. The predicted octanol–water partition coefficient (Wildman–Crippen LogP) is 5.75. The zero-order valence-electron chi connectivity index (χ0n) is 33.3. The van der Waals surface area contributed by atoms with Crippen molar-refractivity contribution in [2.24, 2.45) is 0 Å². The molecule has 3 N–H and O–H groups in total. The van der Waals surface area contributed by atoms with Gasteiger partial charge in [-0.15, -0.1) is 6.58 Å². The fourth-order valence-corrected chi connectivity index (χ4v) is 9.97. The lowest BCUT2D eigenvalue weighted by Gasteiger charge is -2.55. The number of carbonyl (C=O) groups is 3. The van der Waals surface area contributed by atoms with Crippen molar-refractivity contribution in [1.82, 2.24) is 29.1 Å². The standard InChI is InChI=1S/C45H43N6O9PS/c1-2-25-48-31-42(52)50-40(26-32-21-23-36(24-22-32)60-61(55,56)57)44(53)47(30-41(50)51(48)45(54)46-27-33-13-6-3-7-14-33)28-35-17-12-20-38-39(34-15-8-4-9-16-34)29-49(43(35)38)62(58,59)37-18-10-5-11-19-37/h2-24,29,40-41H,1,25-28,30-31H2,(H,46,54)(H2,55,56,57)/t40-,41-/m0/s1. The van der Waals surface area contributed by atoms with E-state index in [0.29, 0.717) is 27.6 Å². The number of amides is 4. The molecule has 318 valence electrons. The highest BCUT2D eigenvalue weighted by molar-refractivity contribution is 7.90. The van der Waals surface area contributed by atoms with Crippen molar-refractivity contribution in [2.75, 3.05) is 19.6 Å². The molecule has 4 amide bonds. The van der Waals surface area contributed by atoms with Gasteiger partial charge < -0.3 is 19.6 Å². The highest BCUT2D eigenvalue weighted by atomic mass is 32.2. The van der Waals surface area contributed by atoms with Crippen molar-refractivity contribution in [1.29, 1.82) is 0 Å². The minimum absolute atomic E-state index is 0.0319. The predicted molar refractivity (Wildman–Crippen MR) is 231 cm³/mol. The van der Waals surface area contributed by atoms with E-state index in [0.717, 1.165) is 11.1 Å². The normalized spacial score (nSPS) is 17.2. The van der Waals surface area contributed by atoms with E-state index >= 15 is 0 Å². The van der Waals surface area contributed by atoms with Crippen LogP contribution in [0.5, 0.6) is 5.75 Å². The molecule has 17 heteroatoms. The summed E-state index contributed by atoms with van der Waals surface area (Å²) < 4.78 is 46.5. The molecule has 0 aliphatic carbocycles. The molecular weight excluding hydrogens is 832 g/mol. The van der Waals surface area contributed by atoms with Gasteiger partial charge in [-0.25, -0.2) is 31.8 Å². The lowest BCUT2D eigenvalue weighted by atomic mass is 9.97. The molecule has 62 heavy (non-hydrogen) atoms. The molecule has 0 unspecified atom stereocenters. The number of hydrogen-bond donors (Lipinski definition) is 3. The van der Waals surface area contributed by atoms with Gasteiger partial charge in [-0.05, 0) is 46.5 Å². The van der Waals surface area contributed by atoms with Crippen LogP contribution in [0.2, 0.25) is 0 Å². The average Bonchev–Trinajstić information content (AvgIpc) is 3.67. The van der Waals surface area contributed by atoms with Crippen molar-refractivity contribution in [3.8, 4) is 16.9 Å². The van der Waals surface area contributed by atoms with Gasteiger partial charge in [0.15, 0.2) is 0 Å². The number of piperazine rings is 1. The maximum Gasteiger partial charge on any atom is 0.524 e. The van der Waals surface area contributed by atoms with Crippen molar-refractivity contribution in [3.63, 3.8) is 0 Å². The Hall–Kier alpha value is -6.55. The van der Waals surface area contributed by atoms with Crippen LogP contribution in [-0.4, -0.2) is 91.7 Å². The molecule has 0 spiro atoms. The largest absolute Gasteiger partial charge is 0.524 e. The van der Waals surface area contributed by atoms with Gasteiger partial charge in [0.25, 0.3) is 10.0 Å². The number of benzene rings is 5. The van der Waals surface area contributed by atoms with Crippen LogP contribution in [0, 0.1) is 0 Å². The lowest BCUT2D eigenvalue weighted by Crippen LogP contribution is -2.76. The van der Waals surface area contributed by atoms with E-state index in [1.165, 1.54) is 38.1 Å². The first kappa shape index (κ1) is 42.2. The summed E-state index contributed by atoms with van der Waals surface area (Å²) in [6.07, 6.45) is 2.14. The fraction of sp³-hybridized carbons (Fsp3) is 0.178. The number of urea groups is 1. The SMILES string of the molecule is C=CCN1CC(=O)N2[C@@H](Cc3ccc(OP(=O)(O)O)cc3)C(=O)N(Cc3cccc4c(-c5ccccc5)cn(S(=O)(=O)c5ccccc5)c34)C[C@@H]2N1C(=O)NCc1ccccc1. The molecule has 5 aromatic carbocycles. The van der Waals surface area contributed by atoms with Crippen molar-refractivity contribution in [3.05, 3.63) is 169 Å². The number of hydrazine groups is 1. The van der Waals surface area contributed by atoms with E-state index in [1.807, 2.05) is 72.8 Å². The number of rotatable bonds is 13. The molecule has 0 radical (unpaired) electrons. The second-order valence-electron chi connectivity index (χ2n) is 14.9. The second kappa shape index (κ2) is 17.4. The summed E-state index contributed by atoms with van der Waals surface area (Å²) in [5.74, 6) is -0.944. The third-order valence-electron chi connectivity index (χ3n) is 10.9. The third-order valence-corrected chi connectivity index (χ3v) is 13.0. The molecule has 1 aromatic heterocycles. The van der Waals surface area contributed by atoms with Crippen molar-refractivity contribution < 1.29 is 41.7 Å². The topological polar surface area (TPSA) is 182 Å². The number of phosphoric ester groups is 1. The van der Waals surface area contributed by atoms with Crippen LogP contribution in [0.25, 0.3) is 22.0 Å². The van der Waals surface area contributed by atoms with Crippen LogP contribution in [0.1, 0.15) is 16.7 Å². The van der Waals surface area contributed by atoms with E-state index in [-0.39, 0.29) is 49.8 Å². The summed E-state index contributed by atoms with van der Waals surface area (Å²) >= 11 is 0. The average molecular weight is 875 g/mol. The smallest absolute Gasteiger partial charge is 0.404 e. The van der Waals surface area contributed by atoms with Gasteiger partial charge in [0.2, 0.25) is 11.8 Å². The molecule has 2 fully saturated rings. The minimum Gasteiger partial charge on any atom is -0.404 e. The molecule has 8 rings (SSSR count). The van der Waals surface area contributed by atoms with E-state index in [4.69, 9.17) is 4.52 Å². The first-order valence-electron chi connectivity index (χ1n) is 19.7. The number of nitrogens with one attached hydrogen (secondary N) is 1. The zero-order valence-corrected chi connectivity index (χ0v) is 35.0. The quantitative estimate of drug-likeness (QED) is 0.0955. The Morgan fingerprint density at radius 1 is 0.855 bits per heavy atom. The van der Waals surface area contributed by atoms with Crippen molar-refractivity contribution in [2.45, 2.75) is 36.6 Å². The number of aromatic nitrogens is 1. The van der Waals surface area contributed by atoms with Crippen LogP contribution >= 0.6 is 7.82 Å². The second-order valence-corrected chi connectivity index (χ2v) is 17.9. The number of carbonyl (C=O) groups excluding carboxylic acids is 3. The molecule has 2 aliphatic rings. The van der Waals surface area contributed by atoms with Gasteiger partial charge in [-0.1, -0.05) is 115 Å². The Morgan fingerprint density at radius 3 is 2.18 bits per heavy atom. The van der Waals surface area contributed by atoms with Crippen LogP contribution in [0.15, 0.2) is 157 Å². The van der Waals surface area contributed by atoms with E-state index < -0.39 is 47.9 Å². The maximum atomic E-state index is 15.0. The van der Waals surface area contributed by atoms with Crippen LogP contribution in [0.4, 0.5) is 4.79 Å². The van der Waals surface area contributed by atoms with Crippen LogP contribution in [-0.2, 0) is 43.7 Å². The Kier molecular flexibility index (Phi) is 11.9. The maximum absolute atomic E-state index is 15.0. The molecule has 3 heterocycles. The summed E-state index contributed by atoms with van der Waals surface area (Å²) in [5, 5.41) is 6.65. The van der Waals surface area contributed by atoms with Gasteiger partial charge in [0, 0.05) is 43.2 Å². The summed E-state index contributed by atoms with van der Waals surface area (Å²) in [6, 6.07) is 36.4. The lowest BCUT2D eigenvalue weighted by molar-refractivity contribution is -0.189. The first-order chi connectivity index (χ1) is 29.8. The number of hydrogen-bond acceptors (Lipinski definition) is 8. The Morgan fingerprint density at radius 2 is 1.52 bits per heavy atom. The minimum atomic E-state index is -4.84. The highest BCUT2D eigenvalue weighted by Crippen LogP contribution is 2.39. The number of fused-ring (bicyclic) bond motifs is 2. The van der Waals surface area contributed by atoms with Crippen molar-refractivity contribution >= 4 is 46.6 Å². The monoisotopic (exact) mass is 874 g/mol. The third kappa shape index (κ3) is 8.64. The van der Waals surface area contributed by atoms with E-state index in [9.17, 15) is 37.2 Å². The number of nitrogens with zero attached hydrogens (tertiary/aromatic N) is 5. The van der Waals surface area contributed by atoms with Gasteiger partial charge >= 0.3 is 13.9 Å². The fourth-order valence-electron chi connectivity index (χ4n) is 8.14. The summed E-state index contributed by atoms with van der Waals surface area (Å²) in [4.78, 5) is 65.3. The molecule has 0 saturated carbocycles. The molecular formula is C45H43N6O9PS. The van der Waals surface area contributed by atoms with Crippen LogP contribution in [0.3, 0.4) is 0 Å². The molecule has 6 aromatic rings. The van der Waals surface area contributed by atoms with Crippen LogP contribution < -0.4 is 9.84 Å². The Labute approximate surface area is 358 Å². The molecule has 0 bridgehead atoms. The molecule has 15 nitrogen and oxygen atoms in total.